The molecule has 0 atom stereocenters. The first-order valence-corrected chi connectivity index (χ1v) is 10.6. The Bertz CT molecular complexity index is 1070. The third kappa shape index (κ3) is 5.31. The van der Waals surface area contributed by atoms with E-state index in [2.05, 4.69) is 30.8 Å². The second kappa shape index (κ2) is 9.04. The molecule has 0 bridgehead atoms. The van der Waals surface area contributed by atoms with E-state index in [0.717, 1.165) is 53.1 Å². The van der Waals surface area contributed by atoms with Crippen LogP contribution in [-0.2, 0) is 0 Å². The van der Waals surface area contributed by atoms with E-state index in [1.807, 2.05) is 69.3 Å². The zero-order valence-corrected chi connectivity index (χ0v) is 18.2. The maximum Gasteiger partial charge on any atom is 0.323 e. The van der Waals surface area contributed by atoms with Crippen LogP contribution in [0.4, 0.5) is 33.6 Å². The molecule has 31 heavy (non-hydrogen) atoms. The number of urea groups is 1. The fraction of sp³-hybridized carbons (Fsp3) is 0.292. The lowest BCUT2D eigenvalue weighted by molar-refractivity contribution is 0.262. The number of carbonyl (C=O) groups excluding carboxylic acids is 1. The summed E-state index contributed by atoms with van der Waals surface area (Å²) in [6.45, 7) is 7.97. The lowest BCUT2D eigenvalue weighted by Gasteiger charge is -2.17. The van der Waals surface area contributed by atoms with Gasteiger partial charge < -0.3 is 20.9 Å². The predicted molar refractivity (Wildman–Crippen MR) is 126 cm³/mol. The first-order chi connectivity index (χ1) is 15.0. The van der Waals surface area contributed by atoms with Gasteiger partial charge in [0.25, 0.3) is 0 Å². The minimum atomic E-state index is -0.268. The summed E-state index contributed by atoms with van der Waals surface area (Å²) in [7, 11) is 0. The number of amides is 2. The second-order valence-corrected chi connectivity index (χ2v) is 7.99. The number of carbonyl (C=O) groups is 1. The van der Waals surface area contributed by atoms with Crippen LogP contribution >= 0.6 is 0 Å². The molecule has 2 aromatic carbocycles. The van der Waals surface area contributed by atoms with E-state index in [1.165, 1.54) is 12.8 Å². The fourth-order valence-electron chi connectivity index (χ4n) is 3.62. The van der Waals surface area contributed by atoms with Gasteiger partial charge in [0.05, 0.1) is 0 Å². The molecule has 1 aromatic heterocycles. The number of hydrogen-bond acceptors (Lipinski definition) is 5. The van der Waals surface area contributed by atoms with Crippen molar-refractivity contribution in [2.45, 2.75) is 33.6 Å². The number of nitrogens with zero attached hydrogens (tertiary/aromatic N) is 3. The highest BCUT2D eigenvalue weighted by Gasteiger charge is 2.16. The number of hydrogen-bond donors (Lipinski definition) is 3. The first-order valence-electron chi connectivity index (χ1n) is 10.6. The van der Waals surface area contributed by atoms with Crippen LogP contribution in [0.25, 0.3) is 0 Å². The number of aryl methyl sites for hydroxylation is 3. The average Bonchev–Trinajstić information content (AvgIpc) is 3.27. The molecule has 1 aliphatic rings. The quantitative estimate of drug-likeness (QED) is 0.519. The lowest BCUT2D eigenvalue weighted by atomic mass is 10.1. The van der Waals surface area contributed by atoms with Crippen molar-refractivity contribution in [3.63, 3.8) is 0 Å². The van der Waals surface area contributed by atoms with Crippen LogP contribution < -0.4 is 20.9 Å². The molecule has 7 nitrogen and oxygen atoms in total. The van der Waals surface area contributed by atoms with Gasteiger partial charge in [-0.25, -0.2) is 9.78 Å². The van der Waals surface area contributed by atoms with Crippen LogP contribution in [0.15, 0.2) is 48.5 Å². The molecule has 2 heterocycles. The molecule has 7 heteroatoms. The Morgan fingerprint density at radius 1 is 0.871 bits per heavy atom. The molecule has 4 rings (SSSR count). The van der Waals surface area contributed by atoms with Gasteiger partial charge in [-0.1, -0.05) is 12.1 Å². The molecule has 0 radical (unpaired) electrons. The van der Waals surface area contributed by atoms with E-state index < -0.39 is 0 Å². The highest BCUT2D eigenvalue weighted by molar-refractivity contribution is 6.00. The standard InChI is InChI=1S/C24H28N6O/c1-16-6-7-17(2)21(14-16)28-24(31)27-20-10-8-19(9-11-20)26-22-15-18(3)25-23(29-22)30-12-4-5-13-30/h6-11,14-15H,4-5,12-13H2,1-3H3,(H,25,26,29)(H2,27,28,31). The second-order valence-electron chi connectivity index (χ2n) is 7.99. The van der Waals surface area contributed by atoms with E-state index >= 15 is 0 Å². The normalized spacial score (nSPS) is 13.2. The highest BCUT2D eigenvalue weighted by atomic mass is 16.2. The van der Waals surface area contributed by atoms with Crippen LogP contribution in [0.5, 0.6) is 0 Å². The largest absolute Gasteiger partial charge is 0.341 e. The summed E-state index contributed by atoms with van der Waals surface area (Å²) in [5.74, 6) is 1.55. The van der Waals surface area contributed by atoms with E-state index in [4.69, 9.17) is 0 Å². The Morgan fingerprint density at radius 3 is 2.32 bits per heavy atom. The Kier molecular flexibility index (Phi) is 6.02. The van der Waals surface area contributed by atoms with Crippen LogP contribution in [-0.4, -0.2) is 29.1 Å². The van der Waals surface area contributed by atoms with Gasteiger partial charge in [0.2, 0.25) is 5.95 Å². The third-order valence-electron chi connectivity index (χ3n) is 5.29. The number of rotatable bonds is 5. The predicted octanol–water partition coefficient (Wildman–Crippen LogP) is 5.39. The van der Waals surface area contributed by atoms with E-state index in [9.17, 15) is 4.79 Å². The summed E-state index contributed by atoms with van der Waals surface area (Å²) in [4.78, 5) is 23.8. The minimum Gasteiger partial charge on any atom is -0.341 e. The van der Waals surface area contributed by atoms with Crippen LogP contribution in [0.2, 0.25) is 0 Å². The molecular formula is C24H28N6O. The van der Waals surface area contributed by atoms with Gasteiger partial charge in [-0.2, -0.15) is 4.98 Å². The smallest absolute Gasteiger partial charge is 0.323 e. The Balaban J connectivity index is 1.39. The van der Waals surface area contributed by atoms with Gasteiger partial charge in [-0.3, -0.25) is 0 Å². The summed E-state index contributed by atoms with van der Waals surface area (Å²) < 4.78 is 0. The Hall–Kier alpha value is -3.61. The van der Waals surface area contributed by atoms with Crippen molar-refractivity contribution < 1.29 is 4.79 Å². The molecule has 1 saturated heterocycles. The van der Waals surface area contributed by atoms with Crippen molar-refractivity contribution in [1.82, 2.24) is 9.97 Å². The lowest BCUT2D eigenvalue weighted by Crippen LogP contribution is -2.21. The fourth-order valence-corrected chi connectivity index (χ4v) is 3.62. The number of benzene rings is 2. The molecule has 0 spiro atoms. The third-order valence-corrected chi connectivity index (χ3v) is 5.29. The van der Waals surface area contributed by atoms with Crippen molar-refractivity contribution in [1.29, 1.82) is 0 Å². The van der Waals surface area contributed by atoms with Crippen LogP contribution in [0.1, 0.15) is 29.7 Å². The van der Waals surface area contributed by atoms with Crippen molar-refractivity contribution in [2.75, 3.05) is 33.9 Å². The topological polar surface area (TPSA) is 82.2 Å². The van der Waals surface area contributed by atoms with Gasteiger partial charge >= 0.3 is 6.03 Å². The van der Waals surface area contributed by atoms with E-state index in [-0.39, 0.29) is 6.03 Å². The van der Waals surface area contributed by atoms with Gasteiger partial charge in [-0.05, 0) is 75.1 Å². The zero-order valence-electron chi connectivity index (χ0n) is 18.2. The average molecular weight is 417 g/mol. The molecule has 1 fully saturated rings. The van der Waals surface area contributed by atoms with Crippen molar-refractivity contribution in [2.24, 2.45) is 0 Å². The number of anilines is 5. The monoisotopic (exact) mass is 416 g/mol. The van der Waals surface area contributed by atoms with Gasteiger partial charge in [-0.15, -0.1) is 0 Å². The maximum atomic E-state index is 12.4. The first kappa shape index (κ1) is 20.7. The molecule has 0 saturated carbocycles. The molecule has 0 aliphatic carbocycles. The van der Waals surface area contributed by atoms with Crippen LogP contribution in [0.3, 0.4) is 0 Å². The maximum absolute atomic E-state index is 12.4. The molecule has 2 amide bonds. The van der Waals surface area contributed by atoms with E-state index in [1.54, 1.807) is 0 Å². The van der Waals surface area contributed by atoms with E-state index in [0.29, 0.717) is 5.69 Å². The van der Waals surface area contributed by atoms with Gasteiger partial charge in [0, 0.05) is 41.9 Å². The minimum absolute atomic E-state index is 0.268. The summed E-state index contributed by atoms with van der Waals surface area (Å²) >= 11 is 0. The van der Waals surface area contributed by atoms with Crippen LogP contribution in [0, 0.1) is 20.8 Å². The number of nitrogens with one attached hydrogen (secondary N) is 3. The van der Waals surface area contributed by atoms with Gasteiger partial charge in [0.1, 0.15) is 5.82 Å². The highest BCUT2D eigenvalue weighted by Crippen LogP contribution is 2.22. The molecule has 3 N–H and O–H groups in total. The zero-order chi connectivity index (χ0) is 21.8. The Morgan fingerprint density at radius 2 is 1.58 bits per heavy atom. The molecule has 1 aliphatic heterocycles. The van der Waals surface area contributed by atoms with Crippen molar-refractivity contribution in [3.8, 4) is 0 Å². The van der Waals surface area contributed by atoms with Crippen molar-refractivity contribution >= 4 is 34.9 Å². The summed E-state index contributed by atoms with van der Waals surface area (Å²) in [5, 5.41) is 9.12. The summed E-state index contributed by atoms with van der Waals surface area (Å²) in [6.07, 6.45) is 2.37. The summed E-state index contributed by atoms with van der Waals surface area (Å²) in [5.41, 5.74) is 5.47. The SMILES string of the molecule is Cc1ccc(C)c(NC(=O)Nc2ccc(Nc3cc(C)nc(N4CCCC4)n3)cc2)c1. The molecule has 160 valence electrons. The van der Waals surface area contributed by atoms with Crippen molar-refractivity contribution in [3.05, 3.63) is 65.4 Å². The van der Waals surface area contributed by atoms with Gasteiger partial charge in [0.15, 0.2) is 0 Å². The molecular weight excluding hydrogens is 388 g/mol. The Labute approximate surface area is 182 Å². The summed E-state index contributed by atoms with van der Waals surface area (Å²) in [6, 6.07) is 15.2. The molecule has 0 unspecified atom stereocenters. The number of aromatic nitrogens is 2. The molecule has 3 aromatic rings.